The molecule has 1 saturated heterocycles. The minimum absolute atomic E-state index is 0.199. The Balaban J connectivity index is 1.73. The minimum atomic E-state index is -0.237. The maximum Gasteiger partial charge on any atom is 0.228 e. The van der Waals surface area contributed by atoms with Crippen LogP contribution in [-0.2, 0) is 14.3 Å². The normalized spacial score (nSPS) is 25.3. The van der Waals surface area contributed by atoms with Gasteiger partial charge in [-0.2, -0.15) is 0 Å². The first-order chi connectivity index (χ1) is 10.2. The van der Waals surface area contributed by atoms with Crippen molar-refractivity contribution in [2.24, 2.45) is 11.3 Å². The summed E-state index contributed by atoms with van der Waals surface area (Å²) in [7, 11) is 3.43. The minimum Gasteiger partial charge on any atom is -0.384 e. The second-order valence-corrected chi connectivity index (χ2v) is 6.58. The molecular formula is C16H30N2O3. The van der Waals surface area contributed by atoms with E-state index < -0.39 is 0 Å². The summed E-state index contributed by atoms with van der Waals surface area (Å²) in [5.74, 6) is 0.767. The lowest BCUT2D eigenvalue weighted by Crippen LogP contribution is -2.50. The first kappa shape index (κ1) is 16.7. The van der Waals surface area contributed by atoms with Gasteiger partial charge >= 0.3 is 0 Å². The van der Waals surface area contributed by atoms with Crippen LogP contribution in [0.3, 0.4) is 0 Å². The van der Waals surface area contributed by atoms with Gasteiger partial charge in [-0.3, -0.25) is 4.79 Å². The number of nitrogens with zero attached hydrogens (tertiary/aromatic N) is 1. The number of carbonyl (C=O) groups is 1. The second-order valence-electron chi connectivity index (χ2n) is 6.58. The molecule has 2 fully saturated rings. The topological polar surface area (TPSA) is 50.8 Å². The third-order valence-corrected chi connectivity index (χ3v) is 4.98. The molecule has 0 unspecified atom stereocenters. The third kappa shape index (κ3) is 4.41. The average Bonchev–Trinajstić information content (AvgIpc) is 2.47. The SMILES string of the molecule is COCCN1CCC[C@H](CNC(=O)C2(COC)CCC2)C1. The van der Waals surface area contributed by atoms with Gasteiger partial charge in [0.05, 0.1) is 18.6 Å². The van der Waals surface area contributed by atoms with Crippen molar-refractivity contribution in [3.05, 3.63) is 0 Å². The van der Waals surface area contributed by atoms with E-state index in [2.05, 4.69) is 10.2 Å². The van der Waals surface area contributed by atoms with Gasteiger partial charge in [0.25, 0.3) is 0 Å². The maximum atomic E-state index is 12.4. The molecule has 1 atom stereocenters. The molecule has 0 aromatic carbocycles. The van der Waals surface area contributed by atoms with Crippen molar-refractivity contribution < 1.29 is 14.3 Å². The van der Waals surface area contributed by atoms with Crippen LogP contribution in [0.15, 0.2) is 0 Å². The highest BCUT2D eigenvalue weighted by molar-refractivity contribution is 5.83. The molecule has 5 heteroatoms. The summed E-state index contributed by atoms with van der Waals surface area (Å²) < 4.78 is 10.4. The Morgan fingerprint density at radius 1 is 1.29 bits per heavy atom. The summed E-state index contributed by atoms with van der Waals surface area (Å²) in [4.78, 5) is 14.9. The Hall–Kier alpha value is -0.650. The fraction of sp³-hybridized carbons (Fsp3) is 0.938. The number of piperidine rings is 1. The van der Waals surface area contributed by atoms with Crippen molar-refractivity contribution in [2.45, 2.75) is 32.1 Å². The van der Waals surface area contributed by atoms with Crippen LogP contribution < -0.4 is 5.32 Å². The average molecular weight is 298 g/mol. The van der Waals surface area contributed by atoms with Crippen LogP contribution in [0.1, 0.15) is 32.1 Å². The number of hydrogen-bond donors (Lipinski definition) is 1. The number of methoxy groups -OCH3 is 2. The largest absolute Gasteiger partial charge is 0.384 e. The van der Waals surface area contributed by atoms with Crippen molar-refractivity contribution in [1.29, 1.82) is 0 Å². The Kier molecular flexibility index (Phi) is 6.45. The number of rotatable bonds is 8. The summed E-state index contributed by atoms with van der Waals surface area (Å²) in [6, 6.07) is 0. The maximum absolute atomic E-state index is 12.4. The van der Waals surface area contributed by atoms with Crippen molar-refractivity contribution in [3.63, 3.8) is 0 Å². The molecule has 2 aliphatic rings. The fourth-order valence-corrected chi connectivity index (χ4v) is 3.48. The number of hydrogen-bond acceptors (Lipinski definition) is 4. The van der Waals surface area contributed by atoms with Gasteiger partial charge in [0.1, 0.15) is 0 Å². The monoisotopic (exact) mass is 298 g/mol. The standard InChI is InChI=1S/C16H30N2O3/c1-20-10-9-18-8-3-5-14(12-18)11-17-15(19)16(13-21-2)6-4-7-16/h14H,3-13H2,1-2H3,(H,17,19)/t14-/m1/s1. The molecule has 0 spiro atoms. The number of carbonyl (C=O) groups excluding carboxylic acids is 1. The van der Waals surface area contributed by atoms with E-state index in [1.807, 2.05) is 0 Å². The number of ether oxygens (including phenoxy) is 2. The highest BCUT2D eigenvalue weighted by Crippen LogP contribution is 2.41. The fourth-order valence-electron chi connectivity index (χ4n) is 3.48. The first-order valence-electron chi connectivity index (χ1n) is 8.19. The van der Waals surface area contributed by atoms with E-state index in [9.17, 15) is 4.79 Å². The molecular weight excluding hydrogens is 268 g/mol. The zero-order valence-electron chi connectivity index (χ0n) is 13.5. The second kappa shape index (κ2) is 8.11. The molecule has 122 valence electrons. The van der Waals surface area contributed by atoms with Crippen LogP contribution in [0.2, 0.25) is 0 Å². The predicted octanol–water partition coefficient (Wildman–Crippen LogP) is 1.28. The predicted molar refractivity (Wildman–Crippen MR) is 82.2 cm³/mol. The lowest BCUT2D eigenvalue weighted by molar-refractivity contribution is -0.140. The van der Waals surface area contributed by atoms with E-state index in [0.29, 0.717) is 12.5 Å². The van der Waals surface area contributed by atoms with Gasteiger partial charge in [-0.1, -0.05) is 6.42 Å². The lowest BCUT2D eigenvalue weighted by atomic mass is 9.68. The molecule has 1 N–H and O–H groups in total. The number of likely N-dealkylation sites (tertiary alicyclic amines) is 1. The summed E-state index contributed by atoms with van der Waals surface area (Å²) in [5.41, 5.74) is -0.237. The molecule has 5 nitrogen and oxygen atoms in total. The lowest BCUT2D eigenvalue weighted by Gasteiger charge is -2.40. The third-order valence-electron chi connectivity index (χ3n) is 4.98. The van der Waals surface area contributed by atoms with Gasteiger partial charge in [0.2, 0.25) is 5.91 Å². The van der Waals surface area contributed by atoms with Gasteiger partial charge in [0, 0.05) is 33.9 Å². The zero-order chi connectivity index (χ0) is 15.1. The Labute approximate surface area is 128 Å². The van der Waals surface area contributed by atoms with Crippen LogP contribution in [-0.4, -0.2) is 64.4 Å². The van der Waals surface area contributed by atoms with E-state index in [4.69, 9.17) is 9.47 Å². The van der Waals surface area contributed by atoms with E-state index >= 15 is 0 Å². The van der Waals surface area contributed by atoms with E-state index in [1.54, 1.807) is 14.2 Å². The van der Waals surface area contributed by atoms with Crippen molar-refractivity contribution in [1.82, 2.24) is 10.2 Å². The highest BCUT2D eigenvalue weighted by atomic mass is 16.5. The summed E-state index contributed by atoms with van der Waals surface area (Å²) in [5, 5.41) is 3.18. The number of amides is 1. The molecule has 2 rings (SSSR count). The zero-order valence-corrected chi connectivity index (χ0v) is 13.5. The Bertz CT molecular complexity index is 331. The summed E-state index contributed by atoms with van der Waals surface area (Å²) in [6.07, 6.45) is 5.51. The molecule has 1 aliphatic heterocycles. The Morgan fingerprint density at radius 2 is 2.10 bits per heavy atom. The molecule has 21 heavy (non-hydrogen) atoms. The highest BCUT2D eigenvalue weighted by Gasteiger charge is 2.44. The van der Waals surface area contributed by atoms with Crippen molar-refractivity contribution in [2.75, 3.05) is 53.6 Å². The summed E-state index contributed by atoms with van der Waals surface area (Å²) in [6.45, 7) is 5.37. The van der Waals surface area contributed by atoms with Gasteiger partial charge in [-0.05, 0) is 38.1 Å². The molecule has 0 bridgehead atoms. The summed E-state index contributed by atoms with van der Waals surface area (Å²) >= 11 is 0. The van der Waals surface area contributed by atoms with E-state index in [-0.39, 0.29) is 11.3 Å². The van der Waals surface area contributed by atoms with E-state index in [0.717, 1.165) is 52.0 Å². The molecule has 1 amide bonds. The van der Waals surface area contributed by atoms with Crippen LogP contribution >= 0.6 is 0 Å². The van der Waals surface area contributed by atoms with Gasteiger partial charge in [-0.25, -0.2) is 0 Å². The molecule has 0 aromatic heterocycles. The number of nitrogens with one attached hydrogen (secondary N) is 1. The first-order valence-corrected chi connectivity index (χ1v) is 8.19. The molecule has 0 radical (unpaired) electrons. The van der Waals surface area contributed by atoms with Crippen LogP contribution in [0.4, 0.5) is 0 Å². The molecule has 1 saturated carbocycles. The van der Waals surface area contributed by atoms with Gasteiger partial charge < -0.3 is 19.7 Å². The van der Waals surface area contributed by atoms with Crippen LogP contribution in [0, 0.1) is 11.3 Å². The molecule has 1 aliphatic carbocycles. The smallest absolute Gasteiger partial charge is 0.228 e. The van der Waals surface area contributed by atoms with Crippen LogP contribution in [0.25, 0.3) is 0 Å². The molecule has 0 aromatic rings. The Morgan fingerprint density at radius 3 is 2.71 bits per heavy atom. The van der Waals surface area contributed by atoms with Crippen LogP contribution in [0.5, 0.6) is 0 Å². The molecule has 1 heterocycles. The van der Waals surface area contributed by atoms with Crippen molar-refractivity contribution in [3.8, 4) is 0 Å². The van der Waals surface area contributed by atoms with Gasteiger partial charge in [0.15, 0.2) is 0 Å². The van der Waals surface area contributed by atoms with Gasteiger partial charge in [-0.15, -0.1) is 0 Å². The quantitative estimate of drug-likeness (QED) is 0.733. The van der Waals surface area contributed by atoms with E-state index in [1.165, 1.54) is 12.8 Å². The van der Waals surface area contributed by atoms with Crippen molar-refractivity contribution >= 4 is 5.91 Å².